The van der Waals surface area contributed by atoms with E-state index in [1.54, 1.807) is 29.8 Å². The largest absolute Gasteiger partial charge is 0.493 e. The number of benzene rings is 1. The summed E-state index contributed by atoms with van der Waals surface area (Å²) in [5.41, 5.74) is 3.40. The number of methoxy groups -OCH3 is 2. The number of carbonyl (C=O) groups excluding carboxylic acids is 1. The number of rotatable bonds is 7. The van der Waals surface area contributed by atoms with E-state index < -0.39 is 0 Å². The molecule has 0 saturated carbocycles. The first-order chi connectivity index (χ1) is 13.1. The molecule has 3 aromatic rings. The summed E-state index contributed by atoms with van der Waals surface area (Å²) in [5, 5.41) is 9.98. The lowest BCUT2D eigenvalue weighted by Crippen LogP contribution is -2.30. The Bertz CT molecular complexity index is 938. The molecule has 142 valence electrons. The highest BCUT2D eigenvalue weighted by atomic mass is 16.5. The van der Waals surface area contributed by atoms with Gasteiger partial charge in [0.1, 0.15) is 0 Å². The van der Waals surface area contributed by atoms with Crippen LogP contribution in [0.1, 0.15) is 17.7 Å². The van der Waals surface area contributed by atoms with Crippen molar-refractivity contribution in [2.75, 3.05) is 26.1 Å². The van der Waals surface area contributed by atoms with Crippen LogP contribution in [0.2, 0.25) is 0 Å². The summed E-state index contributed by atoms with van der Waals surface area (Å²) in [6, 6.07) is 6.96. The smallest absolute Gasteiger partial charge is 0.319 e. The van der Waals surface area contributed by atoms with Crippen LogP contribution in [0.4, 0.5) is 10.5 Å². The summed E-state index contributed by atoms with van der Waals surface area (Å²) >= 11 is 0. The number of para-hydroxylation sites is 1. The second-order valence-electron chi connectivity index (χ2n) is 6.08. The van der Waals surface area contributed by atoms with Crippen molar-refractivity contribution in [1.29, 1.82) is 0 Å². The van der Waals surface area contributed by atoms with Gasteiger partial charge in [0.05, 0.1) is 25.6 Å². The molecule has 0 atom stereocenters. The first-order valence-corrected chi connectivity index (χ1v) is 8.67. The summed E-state index contributed by atoms with van der Waals surface area (Å²) < 4.78 is 12.3. The molecule has 0 bridgehead atoms. The minimum absolute atomic E-state index is 0.294. The second kappa shape index (κ2) is 8.39. The molecule has 1 aromatic carbocycles. The minimum Gasteiger partial charge on any atom is -0.493 e. The quantitative estimate of drug-likeness (QED) is 0.625. The Morgan fingerprint density at radius 3 is 2.89 bits per heavy atom. The van der Waals surface area contributed by atoms with Gasteiger partial charge in [-0.05, 0) is 37.5 Å². The fourth-order valence-corrected chi connectivity index (χ4v) is 2.81. The van der Waals surface area contributed by atoms with Crippen molar-refractivity contribution in [3.63, 3.8) is 0 Å². The zero-order valence-electron chi connectivity index (χ0n) is 15.7. The van der Waals surface area contributed by atoms with Gasteiger partial charge in [-0.1, -0.05) is 6.07 Å². The number of amides is 2. The summed E-state index contributed by atoms with van der Waals surface area (Å²) in [5.74, 6) is 1.05. The van der Waals surface area contributed by atoms with Crippen LogP contribution >= 0.6 is 0 Å². The normalized spacial score (nSPS) is 10.6. The van der Waals surface area contributed by atoms with Gasteiger partial charge in [0, 0.05) is 25.0 Å². The van der Waals surface area contributed by atoms with E-state index >= 15 is 0 Å². The van der Waals surface area contributed by atoms with Crippen LogP contribution in [0.15, 0.2) is 36.7 Å². The predicted octanol–water partition coefficient (Wildman–Crippen LogP) is 2.81. The zero-order valence-corrected chi connectivity index (χ0v) is 15.7. The Balaban J connectivity index is 1.49. The van der Waals surface area contributed by atoms with E-state index in [-0.39, 0.29) is 6.03 Å². The molecule has 27 heavy (non-hydrogen) atoms. The fraction of sp³-hybridized carbons (Fsp3) is 0.316. The third-order valence-electron chi connectivity index (χ3n) is 4.07. The second-order valence-corrected chi connectivity index (χ2v) is 6.08. The van der Waals surface area contributed by atoms with Gasteiger partial charge in [0.25, 0.3) is 0 Å². The van der Waals surface area contributed by atoms with Gasteiger partial charge in [-0.25, -0.2) is 14.3 Å². The highest BCUT2D eigenvalue weighted by molar-refractivity contribution is 5.91. The Morgan fingerprint density at radius 1 is 1.26 bits per heavy atom. The van der Waals surface area contributed by atoms with Gasteiger partial charge in [0.15, 0.2) is 17.1 Å². The van der Waals surface area contributed by atoms with Crippen LogP contribution in [0, 0.1) is 6.92 Å². The molecule has 2 amide bonds. The average molecular weight is 369 g/mol. The maximum absolute atomic E-state index is 12.1. The first-order valence-electron chi connectivity index (χ1n) is 8.67. The number of fused-ring (bicyclic) bond motifs is 1. The van der Waals surface area contributed by atoms with E-state index in [9.17, 15) is 4.79 Å². The number of hydrogen-bond donors (Lipinski definition) is 2. The van der Waals surface area contributed by atoms with Crippen molar-refractivity contribution in [2.24, 2.45) is 0 Å². The Kier molecular flexibility index (Phi) is 5.75. The Morgan fingerprint density at radius 2 is 2.11 bits per heavy atom. The lowest BCUT2D eigenvalue weighted by molar-refractivity contribution is 0.252. The van der Waals surface area contributed by atoms with E-state index in [0.29, 0.717) is 23.7 Å². The van der Waals surface area contributed by atoms with Crippen molar-refractivity contribution < 1.29 is 14.3 Å². The van der Waals surface area contributed by atoms with Gasteiger partial charge in [-0.3, -0.25) is 0 Å². The summed E-state index contributed by atoms with van der Waals surface area (Å²) in [4.78, 5) is 16.5. The minimum atomic E-state index is -0.294. The molecule has 0 radical (unpaired) electrons. The highest BCUT2D eigenvalue weighted by Crippen LogP contribution is 2.34. The van der Waals surface area contributed by atoms with Gasteiger partial charge < -0.3 is 20.1 Å². The number of nitrogens with zero attached hydrogens (tertiary/aromatic N) is 3. The number of urea groups is 1. The molecule has 0 spiro atoms. The van der Waals surface area contributed by atoms with Crippen LogP contribution in [0.3, 0.4) is 0 Å². The molecule has 3 rings (SSSR count). The number of aryl methyl sites for hydroxylation is 2. The number of ether oxygens (including phenoxy) is 2. The molecule has 2 heterocycles. The fourth-order valence-electron chi connectivity index (χ4n) is 2.81. The maximum Gasteiger partial charge on any atom is 0.319 e. The van der Waals surface area contributed by atoms with E-state index in [0.717, 1.165) is 29.7 Å². The van der Waals surface area contributed by atoms with E-state index in [2.05, 4.69) is 20.7 Å². The Labute approximate surface area is 157 Å². The number of carbonyl (C=O) groups is 1. The van der Waals surface area contributed by atoms with Crippen molar-refractivity contribution in [3.8, 4) is 11.5 Å². The van der Waals surface area contributed by atoms with Gasteiger partial charge >= 0.3 is 6.03 Å². The molecule has 8 heteroatoms. The molecule has 0 aliphatic rings. The molecular formula is C19H23N5O3. The topological polar surface area (TPSA) is 89.8 Å². The monoisotopic (exact) mass is 369 g/mol. The Hall–Kier alpha value is -3.29. The van der Waals surface area contributed by atoms with Crippen molar-refractivity contribution >= 4 is 17.4 Å². The lowest BCUT2D eigenvalue weighted by Gasteiger charge is -2.13. The van der Waals surface area contributed by atoms with Gasteiger partial charge in [-0.15, -0.1) is 0 Å². The average Bonchev–Trinajstić information content (AvgIpc) is 3.04. The van der Waals surface area contributed by atoms with Crippen LogP contribution in [-0.4, -0.2) is 41.4 Å². The van der Waals surface area contributed by atoms with Crippen LogP contribution in [0.5, 0.6) is 11.5 Å². The lowest BCUT2D eigenvalue weighted by atomic mass is 10.2. The SMILES string of the molecule is COc1cccc(NC(=O)NCCCc2cnc3cc(C)nn3c2)c1OC. The summed E-state index contributed by atoms with van der Waals surface area (Å²) in [6.45, 7) is 2.47. The molecule has 0 fully saturated rings. The third kappa shape index (κ3) is 4.46. The molecule has 0 saturated heterocycles. The van der Waals surface area contributed by atoms with Crippen molar-refractivity contribution in [1.82, 2.24) is 19.9 Å². The molecule has 0 aliphatic heterocycles. The predicted molar refractivity (Wildman–Crippen MR) is 103 cm³/mol. The van der Waals surface area contributed by atoms with E-state index in [4.69, 9.17) is 9.47 Å². The number of aromatic nitrogens is 3. The maximum atomic E-state index is 12.1. The number of anilines is 1. The molecule has 2 aromatic heterocycles. The molecule has 0 unspecified atom stereocenters. The van der Waals surface area contributed by atoms with Crippen LogP contribution < -0.4 is 20.1 Å². The summed E-state index contributed by atoms with van der Waals surface area (Å²) in [6.07, 6.45) is 5.40. The first kappa shape index (κ1) is 18.5. The number of nitrogens with one attached hydrogen (secondary N) is 2. The highest BCUT2D eigenvalue weighted by Gasteiger charge is 2.11. The van der Waals surface area contributed by atoms with Gasteiger partial charge in [0.2, 0.25) is 0 Å². The molecule has 2 N–H and O–H groups in total. The van der Waals surface area contributed by atoms with Crippen LogP contribution in [-0.2, 0) is 6.42 Å². The molecular weight excluding hydrogens is 346 g/mol. The zero-order chi connectivity index (χ0) is 19.2. The van der Waals surface area contributed by atoms with E-state index in [1.165, 1.54) is 7.11 Å². The molecule has 0 aliphatic carbocycles. The third-order valence-corrected chi connectivity index (χ3v) is 4.07. The van der Waals surface area contributed by atoms with Crippen molar-refractivity contribution in [2.45, 2.75) is 19.8 Å². The molecule has 8 nitrogen and oxygen atoms in total. The van der Waals surface area contributed by atoms with Crippen LogP contribution in [0.25, 0.3) is 5.65 Å². The number of hydrogen-bond acceptors (Lipinski definition) is 5. The van der Waals surface area contributed by atoms with Gasteiger partial charge in [-0.2, -0.15) is 5.10 Å². The van der Waals surface area contributed by atoms with E-state index in [1.807, 2.05) is 25.4 Å². The standard InChI is InChI=1S/C19H23N5O3/c1-13-10-17-21-11-14(12-24(17)23-13)6-5-9-20-19(25)22-15-7-4-8-16(26-2)18(15)27-3/h4,7-8,10-12H,5-6,9H2,1-3H3,(H2,20,22,25). The van der Waals surface area contributed by atoms with Crippen molar-refractivity contribution in [3.05, 3.63) is 47.9 Å². The summed E-state index contributed by atoms with van der Waals surface area (Å²) in [7, 11) is 3.09.